The molecule has 5 aromatic carbocycles. The van der Waals surface area contributed by atoms with Crippen molar-refractivity contribution in [1.29, 1.82) is 0 Å². The highest BCUT2D eigenvalue weighted by Crippen LogP contribution is 2.21. The number of carbonyl (C=O) groups excluding carboxylic acids is 2. The number of hydrogen-bond donors (Lipinski definition) is 2. The SMILES string of the molecule is O=C(NCc1ccc(Cl)cc1)[C@@H](Cc1ccccc1)N(Cc1ccccc1)C(=O)COc1ccc(S(=O)(=O)Nc2ccc(F)cc2)cc1. The van der Waals surface area contributed by atoms with Gasteiger partial charge >= 0.3 is 0 Å². The molecule has 48 heavy (non-hydrogen) atoms. The van der Waals surface area contributed by atoms with E-state index < -0.39 is 34.4 Å². The van der Waals surface area contributed by atoms with E-state index in [1.807, 2.05) is 72.8 Å². The predicted octanol–water partition coefficient (Wildman–Crippen LogP) is 6.62. The second-order valence-electron chi connectivity index (χ2n) is 10.9. The van der Waals surface area contributed by atoms with E-state index in [0.717, 1.165) is 28.8 Å². The molecule has 8 nitrogen and oxygen atoms in total. The van der Waals surface area contributed by atoms with Gasteiger partial charge in [-0.2, -0.15) is 0 Å². The Kier molecular flexibility index (Phi) is 11.4. The molecule has 0 aliphatic carbocycles. The topological polar surface area (TPSA) is 105 Å². The molecule has 2 amide bonds. The fourth-order valence-electron chi connectivity index (χ4n) is 4.92. The molecule has 246 valence electrons. The fraction of sp³-hybridized carbons (Fsp3) is 0.135. The number of nitrogens with zero attached hydrogens (tertiary/aromatic N) is 1. The monoisotopic (exact) mass is 685 g/mol. The molecule has 0 radical (unpaired) electrons. The maximum absolute atomic E-state index is 13.9. The quantitative estimate of drug-likeness (QED) is 0.137. The molecule has 0 spiro atoms. The van der Waals surface area contributed by atoms with Crippen molar-refractivity contribution >= 4 is 39.1 Å². The standard InChI is InChI=1S/C37H33ClFN3O5S/c38-30-13-11-28(12-14-30)24-40-37(44)35(23-27-7-3-1-4-8-27)42(25-29-9-5-2-6-10-29)36(43)26-47-33-19-21-34(22-20-33)48(45,46)41-32-17-15-31(39)16-18-32/h1-22,35,41H,23-26H2,(H,40,44)/t35-/m1/s1. The summed E-state index contributed by atoms with van der Waals surface area (Å²) in [7, 11) is -3.95. The second-order valence-corrected chi connectivity index (χ2v) is 13.0. The summed E-state index contributed by atoms with van der Waals surface area (Å²) in [6.07, 6.45) is 0.263. The zero-order valence-electron chi connectivity index (χ0n) is 25.8. The first-order valence-electron chi connectivity index (χ1n) is 15.1. The lowest BCUT2D eigenvalue weighted by Crippen LogP contribution is -2.51. The number of ether oxygens (including phenoxy) is 1. The van der Waals surface area contributed by atoms with E-state index in [2.05, 4.69) is 10.0 Å². The molecule has 0 aliphatic heterocycles. The normalized spacial score (nSPS) is 11.7. The molecule has 0 aromatic heterocycles. The first-order chi connectivity index (χ1) is 23.2. The third-order valence-corrected chi connectivity index (χ3v) is 9.09. The Hall–Kier alpha value is -5.19. The molecule has 5 aromatic rings. The Morgan fingerprint density at radius 2 is 1.35 bits per heavy atom. The van der Waals surface area contributed by atoms with Crippen LogP contribution in [-0.2, 0) is 39.1 Å². The minimum atomic E-state index is -3.95. The number of hydrogen-bond acceptors (Lipinski definition) is 5. The minimum absolute atomic E-state index is 0.0449. The van der Waals surface area contributed by atoms with Crippen LogP contribution in [0.25, 0.3) is 0 Å². The number of anilines is 1. The molecule has 0 saturated heterocycles. The minimum Gasteiger partial charge on any atom is -0.484 e. The van der Waals surface area contributed by atoms with E-state index in [9.17, 15) is 22.4 Å². The van der Waals surface area contributed by atoms with Gasteiger partial charge in [-0.3, -0.25) is 14.3 Å². The average molecular weight is 686 g/mol. The summed E-state index contributed by atoms with van der Waals surface area (Å²) in [6.45, 7) is 0.0000809. The van der Waals surface area contributed by atoms with Gasteiger partial charge < -0.3 is 15.0 Å². The van der Waals surface area contributed by atoms with E-state index in [1.165, 1.54) is 41.3 Å². The molecule has 0 heterocycles. The highest BCUT2D eigenvalue weighted by molar-refractivity contribution is 7.92. The summed E-state index contributed by atoms with van der Waals surface area (Å²) < 4.78 is 47.1. The van der Waals surface area contributed by atoms with Crippen molar-refractivity contribution in [1.82, 2.24) is 10.2 Å². The van der Waals surface area contributed by atoms with Crippen molar-refractivity contribution in [2.45, 2.75) is 30.4 Å². The molecule has 2 N–H and O–H groups in total. The first kappa shape index (κ1) is 34.2. The van der Waals surface area contributed by atoms with Gasteiger partial charge in [0.1, 0.15) is 17.6 Å². The van der Waals surface area contributed by atoms with Crippen LogP contribution in [0.5, 0.6) is 5.75 Å². The van der Waals surface area contributed by atoms with Crippen LogP contribution in [0.3, 0.4) is 0 Å². The number of halogens is 2. The van der Waals surface area contributed by atoms with Crippen LogP contribution >= 0.6 is 11.6 Å². The molecule has 11 heteroatoms. The van der Waals surface area contributed by atoms with Gasteiger partial charge in [-0.15, -0.1) is 0 Å². The summed E-state index contributed by atoms with van der Waals surface area (Å²) in [5, 5.41) is 3.56. The maximum atomic E-state index is 13.9. The van der Waals surface area contributed by atoms with Crippen molar-refractivity contribution < 1.29 is 27.1 Å². The Labute approximate surface area is 284 Å². The second kappa shape index (κ2) is 16.1. The van der Waals surface area contributed by atoms with Gasteiger partial charge in [0, 0.05) is 30.2 Å². The van der Waals surface area contributed by atoms with Gasteiger partial charge in [-0.05, 0) is 77.4 Å². The molecule has 0 bridgehead atoms. The van der Waals surface area contributed by atoms with Crippen LogP contribution in [0.15, 0.2) is 138 Å². The summed E-state index contributed by atoms with van der Waals surface area (Å²) in [6, 6.07) is 35.6. The molecular weight excluding hydrogens is 653 g/mol. The van der Waals surface area contributed by atoms with E-state index in [4.69, 9.17) is 16.3 Å². The summed E-state index contributed by atoms with van der Waals surface area (Å²) in [5.74, 6) is -0.991. The Bertz CT molecular complexity index is 1910. The van der Waals surface area contributed by atoms with Crippen molar-refractivity contribution in [2.75, 3.05) is 11.3 Å². The molecule has 0 fully saturated rings. The maximum Gasteiger partial charge on any atom is 0.261 e. The molecule has 0 unspecified atom stereocenters. The zero-order chi connectivity index (χ0) is 33.9. The highest BCUT2D eigenvalue weighted by Gasteiger charge is 2.30. The van der Waals surface area contributed by atoms with Gasteiger partial charge in [0.05, 0.1) is 4.90 Å². The van der Waals surface area contributed by atoms with Crippen LogP contribution in [0, 0.1) is 5.82 Å². The number of carbonyl (C=O) groups is 2. The van der Waals surface area contributed by atoms with Gasteiger partial charge in [0.15, 0.2) is 6.61 Å². The van der Waals surface area contributed by atoms with Crippen molar-refractivity contribution in [3.05, 3.63) is 161 Å². The molecular formula is C37H33ClFN3O5S. The van der Waals surface area contributed by atoms with Crippen molar-refractivity contribution in [3.63, 3.8) is 0 Å². The van der Waals surface area contributed by atoms with Gasteiger partial charge in [-0.25, -0.2) is 12.8 Å². The summed E-state index contributed by atoms with van der Waals surface area (Å²) in [4.78, 5) is 29.2. The predicted molar refractivity (Wildman–Crippen MR) is 183 cm³/mol. The van der Waals surface area contributed by atoms with Crippen LogP contribution in [0.4, 0.5) is 10.1 Å². The highest BCUT2D eigenvalue weighted by atomic mass is 35.5. The van der Waals surface area contributed by atoms with Gasteiger partial charge in [0.2, 0.25) is 5.91 Å². The Balaban J connectivity index is 1.33. The molecule has 1 atom stereocenters. The van der Waals surface area contributed by atoms with E-state index >= 15 is 0 Å². The Morgan fingerprint density at radius 1 is 0.750 bits per heavy atom. The van der Waals surface area contributed by atoms with Gasteiger partial charge in [0.25, 0.3) is 15.9 Å². The molecule has 0 saturated carbocycles. The van der Waals surface area contributed by atoms with Crippen molar-refractivity contribution in [2.24, 2.45) is 0 Å². The number of rotatable bonds is 14. The summed E-state index contributed by atoms with van der Waals surface area (Å²) >= 11 is 6.02. The number of sulfonamides is 1. The summed E-state index contributed by atoms with van der Waals surface area (Å²) in [5.41, 5.74) is 2.77. The van der Waals surface area contributed by atoms with Crippen LogP contribution in [-0.4, -0.2) is 37.8 Å². The van der Waals surface area contributed by atoms with E-state index in [1.54, 1.807) is 12.1 Å². The van der Waals surface area contributed by atoms with Crippen molar-refractivity contribution in [3.8, 4) is 5.75 Å². The average Bonchev–Trinajstić information content (AvgIpc) is 3.10. The van der Waals surface area contributed by atoms with Crippen LogP contribution in [0.2, 0.25) is 5.02 Å². The zero-order valence-corrected chi connectivity index (χ0v) is 27.3. The van der Waals surface area contributed by atoms with E-state index in [-0.39, 0.29) is 41.7 Å². The number of amides is 2. The number of nitrogens with one attached hydrogen (secondary N) is 2. The Morgan fingerprint density at radius 3 is 1.98 bits per heavy atom. The van der Waals surface area contributed by atoms with Crippen LogP contribution < -0.4 is 14.8 Å². The largest absolute Gasteiger partial charge is 0.484 e. The van der Waals surface area contributed by atoms with Gasteiger partial charge in [-0.1, -0.05) is 84.4 Å². The third-order valence-electron chi connectivity index (χ3n) is 7.44. The van der Waals surface area contributed by atoms with E-state index in [0.29, 0.717) is 5.02 Å². The van der Waals surface area contributed by atoms with Crippen LogP contribution in [0.1, 0.15) is 16.7 Å². The first-order valence-corrected chi connectivity index (χ1v) is 16.9. The molecule has 0 aliphatic rings. The fourth-order valence-corrected chi connectivity index (χ4v) is 6.10. The molecule has 5 rings (SSSR count). The lowest BCUT2D eigenvalue weighted by atomic mass is 10.0. The number of benzene rings is 5. The smallest absolute Gasteiger partial charge is 0.261 e. The lowest BCUT2D eigenvalue weighted by Gasteiger charge is -2.31. The third kappa shape index (κ3) is 9.66. The lowest BCUT2D eigenvalue weighted by molar-refractivity contribution is -0.142.